The van der Waals surface area contributed by atoms with E-state index in [2.05, 4.69) is 0 Å². The lowest BCUT2D eigenvalue weighted by molar-refractivity contribution is -0.127. The normalized spacial score (nSPS) is 49.0. The summed E-state index contributed by atoms with van der Waals surface area (Å²) >= 11 is 0. The maximum atomic E-state index is 11.3. The van der Waals surface area contributed by atoms with Crippen LogP contribution in [0.1, 0.15) is 1.37 Å². The minimum absolute atomic E-state index is 0.170. The number of fused-ring (bicyclic) bond motifs is 2. The number of methoxy groups -OCH3 is 1. The molecule has 2 bridgehead atoms. The zero-order valence-corrected chi connectivity index (χ0v) is 9.48. The molecule has 0 aromatic carbocycles. The Hall–Kier alpha value is 0.0300. The van der Waals surface area contributed by atoms with Gasteiger partial charge in [0.25, 0.3) is 0 Å². The van der Waals surface area contributed by atoms with Gasteiger partial charge in [0.15, 0.2) is 0 Å². The van der Waals surface area contributed by atoms with Gasteiger partial charge in [-0.3, -0.25) is 9.09 Å². The minimum atomic E-state index is -3.64. The molecule has 2 aliphatic heterocycles. The molecule has 0 aromatic heterocycles. The van der Waals surface area contributed by atoms with Gasteiger partial charge in [0.2, 0.25) is 0 Å². The van der Waals surface area contributed by atoms with E-state index in [9.17, 15) is 9.46 Å². The highest BCUT2D eigenvalue weighted by Gasteiger charge is 2.59. The predicted molar refractivity (Wildman–Crippen MR) is 50.9 cm³/mol. The van der Waals surface area contributed by atoms with Crippen LogP contribution in [0.4, 0.5) is 0 Å². The van der Waals surface area contributed by atoms with Crippen LogP contribution in [-0.4, -0.2) is 56.3 Å². The second kappa shape index (κ2) is 3.80. The molecule has 0 saturated carbocycles. The van der Waals surface area contributed by atoms with Crippen molar-refractivity contribution in [1.29, 1.82) is 0 Å². The highest BCUT2D eigenvalue weighted by atomic mass is 31.2. The molecule has 1 N–H and O–H groups in total. The van der Waals surface area contributed by atoms with E-state index in [1.54, 1.807) is 0 Å². The van der Waals surface area contributed by atoms with Gasteiger partial charge in [0.1, 0.15) is 17.8 Å². The van der Waals surface area contributed by atoms with Crippen molar-refractivity contribution in [3.63, 3.8) is 0 Å². The molecule has 0 spiro atoms. The van der Waals surface area contributed by atoms with E-state index in [4.69, 9.17) is 20.1 Å². The number of rotatable bonds is 4. The van der Waals surface area contributed by atoms with E-state index in [0.717, 1.165) is 6.66 Å². The van der Waals surface area contributed by atoms with Crippen LogP contribution in [0.15, 0.2) is 0 Å². The average Bonchev–Trinajstić information content (AvgIpc) is 2.54. The van der Waals surface area contributed by atoms with Crippen molar-refractivity contribution in [3.05, 3.63) is 0 Å². The first kappa shape index (κ1) is 10.2. The fourth-order valence-corrected chi connectivity index (χ4v) is 2.62. The SMILES string of the molecule is [3H][C@@H]1O[C@@]2(COC)CO[C@H]1C2OP(C)(=O)O. The summed E-state index contributed by atoms with van der Waals surface area (Å²) in [5.74, 6) is 0. The van der Waals surface area contributed by atoms with Gasteiger partial charge in [-0.15, -0.1) is 0 Å². The van der Waals surface area contributed by atoms with Gasteiger partial charge in [0, 0.05) is 13.8 Å². The lowest BCUT2D eigenvalue weighted by Gasteiger charge is -2.28. The largest absolute Gasteiger partial charge is 0.381 e. The van der Waals surface area contributed by atoms with Crippen molar-refractivity contribution in [3.8, 4) is 0 Å². The van der Waals surface area contributed by atoms with E-state index in [-0.39, 0.29) is 13.2 Å². The third-order valence-electron chi connectivity index (χ3n) is 2.47. The second-order valence-electron chi connectivity index (χ2n) is 3.86. The summed E-state index contributed by atoms with van der Waals surface area (Å²) in [4.78, 5) is 9.23. The third-order valence-corrected chi connectivity index (χ3v) is 3.09. The fraction of sp³-hybridized carbons (Fsp3) is 1.00. The Morgan fingerprint density at radius 2 is 2.53 bits per heavy atom. The standard InChI is InChI=1S/C8H15O6P/c1-11-4-8-5-12-6(3-13-8)7(8)14-15(2,9)10/h6-7H,3-5H2,1-2H3,(H,9,10)/t6-,7?,8+/m1/s1/i3T/t3-,6+,7?,8-/m0. The van der Waals surface area contributed by atoms with Gasteiger partial charge in [-0.05, 0) is 0 Å². The van der Waals surface area contributed by atoms with E-state index in [1.807, 2.05) is 0 Å². The van der Waals surface area contributed by atoms with E-state index >= 15 is 0 Å². The summed E-state index contributed by atoms with van der Waals surface area (Å²) < 4.78 is 39.7. The third kappa shape index (κ3) is 2.11. The molecule has 2 saturated heterocycles. The predicted octanol–water partition coefficient (Wildman–Crippen LogP) is 0.001000. The van der Waals surface area contributed by atoms with Crippen molar-refractivity contribution in [2.24, 2.45) is 0 Å². The molecule has 0 radical (unpaired) electrons. The summed E-state index contributed by atoms with van der Waals surface area (Å²) in [6, 6.07) is 0. The topological polar surface area (TPSA) is 74.2 Å². The molecular weight excluding hydrogens is 223 g/mol. The van der Waals surface area contributed by atoms with E-state index in [1.165, 1.54) is 7.11 Å². The van der Waals surface area contributed by atoms with Crippen LogP contribution < -0.4 is 0 Å². The quantitative estimate of drug-likeness (QED) is 0.697. The molecule has 2 heterocycles. The average molecular weight is 240 g/mol. The highest BCUT2D eigenvalue weighted by Crippen LogP contribution is 2.47. The Bertz CT molecular complexity index is 320. The fourth-order valence-electron chi connectivity index (χ4n) is 1.89. The molecule has 2 unspecified atom stereocenters. The van der Waals surface area contributed by atoms with Crippen molar-refractivity contribution in [2.75, 3.05) is 33.6 Å². The van der Waals surface area contributed by atoms with Gasteiger partial charge in [0.05, 0.1) is 21.2 Å². The van der Waals surface area contributed by atoms with Gasteiger partial charge >= 0.3 is 7.60 Å². The van der Waals surface area contributed by atoms with Crippen LogP contribution in [0, 0.1) is 0 Å². The Labute approximate surface area is 89.4 Å². The molecular formula is C8H15O6P. The molecule has 6 nitrogen and oxygen atoms in total. The van der Waals surface area contributed by atoms with Crippen molar-refractivity contribution < 1.29 is 29.6 Å². The number of hydrogen-bond donors (Lipinski definition) is 1. The summed E-state index contributed by atoms with van der Waals surface area (Å²) in [5.41, 5.74) is -0.930. The second-order valence-corrected chi connectivity index (χ2v) is 5.67. The lowest BCUT2D eigenvalue weighted by atomic mass is 10.0. The molecule has 0 aliphatic carbocycles. The lowest BCUT2D eigenvalue weighted by Crippen LogP contribution is -2.45. The Morgan fingerprint density at radius 3 is 3.07 bits per heavy atom. The van der Waals surface area contributed by atoms with Gasteiger partial charge in [-0.1, -0.05) is 0 Å². The van der Waals surface area contributed by atoms with Gasteiger partial charge in [-0.2, -0.15) is 0 Å². The maximum absolute atomic E-state index is 11.3. The number of hydrogen-bond acceptors (Lipinski definition) is 5. The van der Waals surface area contributed by atoms with Crippen LogP contribution in [0.5, 0.6) is 0 Å². The Kier molecular flexibility index (Phi) is 2.59. The Balaban J connectivity index is 2.19. The summed E-state index contributed by atoms with van der Waals surface area (Å²) in [7, 11) is -2.15. The van der Waals surface area contributed by atoms with Crippen LogP contribution in [0.25, 0.3) is 0 Å². The van der Waals surface area contributed by atoms with E-state index in [0.29, 0.717) is 0 Å². The molecule has 7 heteroatoms. The van der Waals surface area contributed by atoms with E-state index < -0.39 is 32.0 Å². The van der Waals surface area contributed by atoms with Gasteiger partial charge < -0.3 is 19.1 Å². The van der Waals surface area contributed by atoms with Crippen LogP contribution in [0.2, 0.25) is 0 Å². The van der Waals surface area contributed by atoms with Crippen molar-refractivity contribution >= 4 is 7.60 Å². The number of ether oxygens (including phenoxy) is 3. The highest BCUT2D eigenvalue weighted by molar-refractivity contribution is 7.51. The monoisotopic (exact) mass is 240 g/mol. The summed E-state index contributed by atoms with van der Waals surface area (Å²) in [5, 5.41) is 0. The zero-order chi connectivity index (χ0) is 12.0. The molecule has 88 valence electrons. The Morgan fingerprint density at radius 1 is 1.80 bits per heavy atom. The maximum Gasteiger partial charge on any atom is 0.325 e. The first-order valence-corrected chi connectivity index (χ1v) is 6.60. The first-order valence-electron chi connectivity index (χ1n) is 5.15. The molecule has 2 fully saturated rings. The van der Waals surface area contributed by atoms with Crippen molar-refractivity contribution in [2.45, 2.75) is 17.8 Å². The molecule has 5 atom stereocenters. The molecule has 2 aliphatic rings. The van der Waals surface area contributed by atoms with Crippen LogP contribution in [0.3, 0.4) is 0 Å². The van der Waals surface area contributed by atoms with Crippen LogP contribution in [-0.2, 0) is 23.3 Å². The van der Waals surface area contributed by atoms with Crippen LogP contribution >= 0.6 is 7.60 Å². The minimum Gasteiger partial charge on any atom is -0.381 e. The first-order chi connectivity index (χ1) is 7.38. The molecule has 2 rings (SSSR count). The zero-order valence-electron chi connectivity index (χ0n) is 9.58. The molecule has 15 heavy (non-hydrogen) atoms. The van der Waals surface area contributed by atoms with Gasteiger partial charge in [-0.25, -0.2) is 0 Å². The molecule has 0 aromatic rings. The molecule has 0 amide bonds. The van der Waals surface area contributed by atoms with Crippen molar-refractivity contribution in [1.82, 2.24) is 0 Å². The summed E-state index contributed by atoms with van der Waals surface area (Å²) in [6.45, 7) is 0.583. The summed E-state index contributed by atoms with van der Waals surface area (Å²) in [6.07, 6.45) is -1.36. The smallest absolute Gasteiger partial charge is 0.325 e.